The minimum atomic E-state index is -0.464. The van der Waals surface area contributed by atoms with Crippen LogP contribution >= 0.6 is 0 Å². The fourth-order valence-electron chi connectivity index (χ4n) is 2.93. The van der Waals surface area contributed by atoms with Crippen molar-refractivity contribution in [3.05, 3.63) is 35.4 Å². The molecule has 0 spiro atoms. The zero-order chi connectivity index (χ0) is 17.7. The molecule has 0 aliphatic carbocycles. The van der Waals surface area contributed by atoms with Crippen LogP contribution in [0.4, 0.5) is 0 Å². The van der Waals surface area contributed by atoms with Crippen molar-refractivity contribution in [1.82, 2.24) is 9.80 Å². The highest BCUT2D eigenvalue weighted by Crippen LogP contribution is 2.21. The number of nitrogens with zero attached hydrogens (tertiary/aromatic N) is 2. The van der Waals surface area contributed by atoms with Gasteiger partial charge in [-0.3, -0.25) is 14.4 Å². The van der Waals surface area contributed by atoms with Gasteiger partial charge in [-0.15, -0.1) is 0 Å². The van der Waals surface area contributed by atoms with Crippen LogP contribution in [0.25, 0.3) is 0 Å². The van der Waals surface area contributed by atoms with Gasteiger partial charge < -0.3 is 14.5 Å². The number of methoxy groups -OCH3 is 1. The van der Waals surface area contributed by atoms with E-state index in [1.54, 1.807) is 4.90 Å². The summed E-state index contributed by atoms with van der Waals surface area (Å²) in [5.74, 6) is -1.04. The summed E-state index contributed by atoms with van der Waals surface area (Å²) in [4.78, 5) is 39.6. The number of carbonyl (C=O) groups is 3. The summed E-state index contributed by atoms with van der Waals surface area (Å²) in [5.41, 5.74) is 2.03. The summed E-state index contributed by atoms with van der Waals surface area (Å²) in [6, 6.07) is 7.74. The Kier molecular flexibility index (Phi) is 5.95. The zero-order valence-corrected chi connectivity index (χ0v) is 14.4. The van der Waals surface area contributed by atoms with Crippen LogP contribution in [-0.2, 0) is 25.7 Å². The average Bonchev–Trinajstić information content (AvgIpc) is 2.96. The minimum Gasteiger partial charge on any atom is -0.468 e. The first-order valence-corrected chi connectivity index (χ1v) is 8.14. The third-order valence-corrected chi connectivity index (χ3v) is 4.43. The van der Waals surface area contributed by atoms with Crippen LogP contribution in [0.5, 0.6) is 0 Å². The summed E-state index contributed by atoms with van der Waals surface area (Å²) in [6.07, 6.45) is 0.206. The van der Waals surface area contributed by atoms with Crippen LogP contribution in [0.2, 0.25) is 0 Å². The Hall–Kier alpha value is -2.37. The third-order valence-electron chi connectivity index (χ3n) is 4.43. The molecule has 6 nitrogen and oxygen atoms in total. The highest BCUT2D eigenvalue weighted by atomic mass is 16.5. The molecule has 0 aromatic heterocycles. The maximum atomic E-state index is 12.9. The lowest BCUT2D eigenvalue weighted by Gasteiger charge is -2.25. The smallest absolute Gasteiger partial charge is 0.325 e. The fraction of sp³-hybridized carbons (Fsp3) is 0.500. The first-order valence-electron chi connectivity index (χ1n) is 8.14. The molecule has 1 aromatic carbocycles. The van der Waals surface area contributed by atoms with Crippen molar-refractivity contribution in [3.8, 4) is 0 Å². The molecular weight excluding hydrogens is 308 g/mol. The Bertz CT molecular complexity index is 629. The largest absolute Gasteiger partial charge is 0.468 e. The molecule has 2 amide bonds. The lowest BCUT2D eigenvalue weighted by Crippen LogP contribution is -2.40. The van der Waals surface area contributed by atoms with Crippen LogP contribution in [-0.4, -0.2) is 54.3 Å². The van der Waals surface area contributed by atoms with E-state index in [-0.39, 0.29) is 24.8 Å². The van der Waals surface area contributed by atoms with Crippen molar-refractivity contribution < 1.29 is 19.1 Å². The molecule has 24 heavy (non-hydrogen) atoms. The van der Waals surface area contributed by atoms with Crippen LogP contribution < -0.4 is 0 Å². The number of rotatable bonds is 6. The summed E-state index contributed by atoms with van der Waals surface area (Å²) in [5, 5.41) is 0. The normalized spacial score (nSPS) is 17.0. The van der Waals surface area contributed by atoms with E-state index in [4.69, 9.17) is 4.74 Å². The van der Waals surface area contributed by atoms with Gasteiger partial charge in [0, 0.05) is 26.1 Å². The first-order chi connectivity index (χ1) is 11.5. The van der Waals surface area contributed by atoms with E-state index in [0.717, 1.165) is 11.1 Å². The minimum absolute atomic E-state index is 0.00948. The number of aryl methyl sites for hydroxylation is 1. The van der Waals surface area contributed by atoms with E-state index in [2.05, 4.69) is 0 Å². The molecule has 0 bridgehead atoms. The molecule has 1 heterocycles. The molecule has 0 saturated carbocycles. The maximum absolute atomic E-state index is 12.9. The van der Waals surface area contributed by atoms with Crippen molar-refractivity contribution in [3.63, 3.8) is 0 Å². The van der Waals surface area contributed by atoms with E-state index in [1.165, 1.54) is 12.0 Å². The molecule has 6 heteroatoms. The van der Waals surface area contributed by atoms with Gasteiger partial charge in [0.05, 0.1) is 13.0 Å². The molecule has 1 fully saturated rings. The van der Waals surface area contributed by atoms with Crippen LogP contribution in [0, 0.1) is 12.8 Å². The van der Waals surface area contributed by atoms with Gasteiger partial charge >= 0.3 is 5.97 Å². The Labute approximate surface area is 142 Å². The first kappa shape index (κ1) is 18.0. The van der Waals surface area contributed by atoms with Crippen molar-refractivity contribution >= 4 is 17.8 Å². The quantitative estimate of drug-likeness (QED) is 0.738. The summed E-state index contributed by atoms with van der Waals surface area (Å²) in [6.45, 7) is 5.09. The van der Waals surface area contributed by atoms with Gasteiger partial charge in [-0.05, 0) is 25.0 Å². The summed E-state index contributed by atoms with van der Waals surface area (Å²) >= 11 is 0. The van der Waals surface area contributed by atoms with Gasteiger partial charge in [0.15, 0.2) is 0 Å². The fourth-order valence-corrected chi connectivity index (χ4v) is 2.93. The highest BCUT2D eigenvalue weighted by molar-refractivity contribution is 5.90. The Morgan fingerprint density at radius 2 is 2.04 bits per heavy atom. The van der Waals surface area contributed by atoms with Gasteiger partial charge in [0.25, 0.3) is 0 Å². The maximum Gasteiger partial charge on any atom is 0.325 e. The van der Waals surface area contributed by atoms with Gasteiger partial charge in [0.1, 0.15) is 6.54 Å². The third kappa shape index (κ3) is 4.13. The standard InChI is InChI=1S/C18H24N2O4/c1-4-19-11-15(9-16(19)21)18(23)20(12-17(22)24-3)10-14-8-6-5-7-13(14)2/h5-8,15H,4,9-12H2,1-3H3. The summed E-state index contributed by atoms with van der Waals surface area (Å²) < 4.78 is 4.71. The number of amides is 2. The Morgan fingerprint density at radius 1 is 1.33 bits per heavy atom. The number of likely N-dealkylation sites (tertiary alicyclic amines) is 1. The van der Waals surface area contributed by atoms with E-state index < -0.39 is 11.9 Å². The monoisotopic (exact) mass is 332 g/mol. The number of ether oxygens (including phenoxy) is 1. The van der Waals surface area contributed by atoms with Crippen molar-refractivity contribution in [1.29, 1.82) is 0 Å². The second-order valence-electron chi connectivity index (χ2n) is 6.03. The molecule has 2 rings (SSSR count). The van der Waals surface area contributed by atoms with Gasteiger partial charge in [0.2, 0.25) is 11.8 Å². The Balaban J connectivity index is 2.16. The molecular formula is C18H24N2O4. The van der Waals surface area contributed by atoms with E-state index >= 15 is 0 Å². The molecule has 0 radical (unpaired) electrons. The summed E-state index contributed by atoms with van der Waals surface area (Å²) in [7, 11) is 1.30. The molecule has 1 aromatic rings. The second-order valence-corrected chi connectivity index (χ2v) is 6.03. The number of hydrogen-bond acceptors (Lipinski definition) is 4. The van der Waals surface area contributed by atoms with Gasteiger partial charge in [-0.25, -0.2) is 0 Å². The van der Waals surface area contributed by atoms with Crippen LogP contribution in [0.15, 0.2) is 24.3 Å². The lowest BCUT2D eigenvalue weighted by molar-refractivity contribution is -0.148. The van der Waals surface area contributed by atoms with Crippen molar-refractivity contribution in [2.75, 3.05) is 26.7 Å². The topological polar surface area (TPSA) is 66.9 Å². The van der Waals surface area contributed by atoms with Crippen LogP contribution in [0.1, 0.15) is 24.5 Å². The predicted octanol–water partition coefficient (Wildman–Crippen LogP) is 1.37. The van der Waals surface area contributed by atoms with Gasteiger partial charge in [-0.1, -0.05) is 24.3 Å². The lowest BCUT2D eigenvalue weighted by atomic mass is 10.0. The molecule has 1 aliphatic heterocycles. The number of hydrogen-bond donors (Lipinski definition) is 0. The van der Waals surface area contributed by atoms with Crippen LogP contribution in [0.3, 0.4) is 0 Å². The number of carbonyl (C=O) groups excluding carboxylic acids is 3. The SMILES string of the molecule is CCN1CC(C(=O)N(CC(=O)OC)Cc2ccccc2C)CC1=O. The molecule has 1 aliphatic rings. The predicted molar refractivity (Wildman–Crippen MR) is 89.0 cm³/mol. The van der Waals surface area contributed by atoms with Gasteiger partial charge in [-0.2, -0.15) is 0 Å². The molecule has 1 atom stereocenters. The number of benzene rings is 1. The van der Waals surface area contributed by atoms with E-state index in [1.807, 2.05) is 38.1 Å². The van der Waals surface area contributed by atoms with E-state index in [0.29, 0.717) is 19.6 Å². The molecule has 0 N–H and O–H groups in total. The van der Waals surface area contributed by atoms with E-state index in [9.17, 15) is 14.4 Å². The molecule has 1 saturated heterocycles. The Morgan fingerprint density at radius 3 is 2.62 bits per heavy atom. The highest BCUT2D eigenvalue weighted by Gasteiger charge is 2.36. The zero-order valence-electron chi connectivity index (χ0n) is 14.4. The molecule has 130 valence electrons. The molecule has 1 unspecified atom stereocenters. The average molecular weight is 332 g/mol. The second kappa shape index (κ2) is 7.95. The number of esters is 1. The van der Waals surface area contributed by atoms with Crippen molar-refractivity contribution in [2.24, 2.45) is 5.92 Å². The van der Waals surface area contributed by atoms with Crippen molar-refractivity contribution in [2.45, 2.75) is 26.8 Å².